The number of hydrogen-bond donors (Lipinski definition) is 2. The summed E-state index contributed by atoms with van der Waals surface area (Å²) in [4.78, 5) is 25.7. The Morgan fingerprint density at radius 1 is 1.44 bits per heavy atom. The smallest absolute Gasteiger partial charge is 0.332 e. The van der Waals surface area contributed by atoms with Crippen molar-refractivity contribution in [2.75, 3.05) is 13.7 Å². The molecule has 0 atom stereocenters. The second kappa shape index (κ2) is 7.08. The highest BCUT2D eigenvalue weighted by Crippen LogP contribution is 2.13. The van der Waals surface area contributed by atoms with E-state index in [4.69, 9.17) is 9.84 Å². The van der Waals surface area contributed by atoms with Gasteiger partial charge in [0.2, 0.25) is 0 Å². The zero-order chi connectivity index (χ0) is 13.4. The average molecular weight is 251 g/mol. The predicted molar refractivity (Wildman–Crippen MR) is 63.8 cm³/mol. The van der Waals surface area contributed by atoms with Crippen LogP contribution in [-0.2, 0) is 14.4 Å². The Hall–Kier alpha value is -2.34. The van der Waals surface area contributed by atoms with Crippen LogP contribution in [0.2, 0.25) is 0 Å². The van der Waals surface area contributed by atoms with Crippen LogP contribution >= 0.6 is 0 Å². The summed E-state index contributed by atoms with van der Waals surface area (Å²) in [5.74, 6) is -1.02. The highest BCUT2D eigenvalue weighted by molar-refractivity contribution is 5.91. The second-order valence-corrected chi connectivity index (χ2v) is 3.26. The average Bonchev–Trinajstić information content (AvgIpc) is 2.36. The van der Waals surface area contributed by atoms with Gasteiger partial charge >= 0.3 is 5.97 Å². The number of methoxy groups -OCH3 is 1. The zero-order valence-electron chi connectivity index (χ0n) is 9.75. The van der Waals surface area contributed by atoms with E-state index in [0.717, 1.165) is 5.56 Å². The number of carboxylic acids is 1. The maximum atomic E-state index is 11.2. The van der Waals surface area contributed by atoms with Gasteiger partial charge in [0.05, 0.1) is 7.11 Å². The van der Waals surface area contributed by atoms with Crippen molar-refractivity contribution in [2.45, 2.75) is 0 Å². The van der Waals surface area contributed by atoms with Gasteiger partial charge in [0.15, 0.2) is 6.61 Å². The van der Waals surface area contributed by atoms with Gasteiger partial charge in [-0.25, -0.2) is 10.3 Å². The first-order valence-corrected chi connectivity index (χ1v) is 5.07. The molecule has 6 nitrogen and oxygen atoms in total. The van der Waals surface area contributed by atoms with Gasteiger partial charge in [-0.3, -0.25) is 9.63 Å². The van der Waals surface area contributed by atoms with Crippen molar-refractivity contribution >= 4 is 18.0 Å². The van der Waals surface area contributed by atoms with Crippen molar-refractivity contribution < 1.29 is 24.3 Å². The van der Waals surface area contributed by atoms with Gasteiger partial charge in [-0.1, -0.05) is 12.1 Å². The number of ether oxygens (including phenoxy) is 1. The molecule has 6 heteroatoms. The third-order valence-electron chi connectivity index (χ3n) is 1.89. The van der Waals surface area contributed by atoms with Crippen molar-refractivity contribution in [1.29, 1.82) is 0 Å². The molecule has 18 heavy (non-hydrogen) atoms. The van der Waals surface area contributed by atoms with Crippen LogP contribution in [0.1, 0.15) is 5.56 Å². The number of amides is 1. The van der Waals surface area contributed by atoms with Crippen LogP contribution in [-0.4, -0.2) is 30.7 Å². The summed E-state index contributed by atoms with van der Waals surface area (Å²) in [5, 5.41) is 8.28. The monoisotopic (exact) mass is 251 g/mol. The quantitative estimate of drug-likeness (QED) is 0.578. The Morgan fingerprint density at radius 2 is 2.22 bits per heavy atom. The Morgan fingerprint density at radius 3 is 2.89 bits per heavy atom. The van der Waals surface area contributed by atoms with Gasteiger partial charge in [0, 0.05) is 6.08 Å². The number of carbonyl (C=O) groups is 2. The Kier molecular flexibility index (Phi) is 5.40. The molecule has 0 bridgehead atoms. The summed E-state index contributed by atoms with van der Waals surface area (Å²) in [5.41, 5.74) is 2.76. The topological polar surface area (TPSA) is 84.9 Å². The molecular weight excluding hydrogens is 238 g/mol. The minimum absolute atomic E-state index is 0.543. The van der Waals surface area contributed by atoms with Gasteiger partial charge < -0.3 is 9.84 Å². The Labute approximate surface area is 104 Å². The third kappa shape index (κ3) is 5.13. The van der Waals surface area contributed by atoms with Gasteiger partial charge in [-0.15, -0.1) is 0 Å². The molecule has 0 saturated carbocycles. The molecule has 0 spiro atoms. The SMILES string of the molecule is COc1cccc(C=CC(=O)NOCC(=O)O)c1. The van der Waals surface area contributed by atoms with Gasteiger partial charge in [-0.2, -0.15) is 0 Å². The molecule has 96 valence electrons. The normalized spacial score (nSPS) is 10.3. The van der Waals surface area contributed by atoms with Crippen molar-refractivity contribution in [3.8, 4) is 5.75 Å². The van der Waals surface area contributed by atoms with E-state index in [-0.39, 0.29) is 0 Å². The Balaban J connectivity index is 2.47. The van der Waals surface area contributed by atoms with Gasteiger partial charge in [0.1, 0.15) is 5.75 Å². The van der Waals surface area contributed by atoms with Crippen LogP contribution in [0, 0.1) is 0 Å². The summed E-state index contributed by atoms with van der Waals surface area (Å²) in [6.07, 6.45) is 2.79. The van der Waals surface area contributed by atoms with Crippen LogP contribution in [0.5, 0.6) is 5.75 Å². The Bertz CT molecular complexity index is 456. The lowest BCUT2D eigenvalue weighted by Crippen LogP contribution is -2.24. The number of hydroxylamine groups is 1. The number of aliphatic carboxylic acids is 1. The fourth-order valence-electron chi connectivity index (χ4n) is 1.12. The molecule has 1 aromatic carbocycles. The van der Waals surface area contributed by atoms with E-state index in [9.17, 15) is 9.59 Å². The van der Waals surface area contributed by atoms with Gasteiger partial charge in [-0.05, 0) is 23.8 Å². The molecule has 0 heterocycles. The highest BCUT2D eigenvalue weighted by atomic mass is 16.7. The van der Waals surface area contributed by atoms with E-state index in [1.54, 1.807) is 37.5 Å². The first-order chi connectivity index (χ1) is 8.61. The number of carboxylic acid groups (broad SMARTS) is 1. The number of rotatable bonds is 6. The number of benzene rings is 1. The molecule has 0 aliphatic heterocycles. The molecule has 0 radical (unpaired) electrons. The van der Waals surface area contributed by atoms with E-state index in [1.165, 1.54) is 6.08 Å². The molecule has 0 aromatic heterocycles. The molecule has 1 amide bonds. The fraction of sp³-hybridized carbons (Fsp3) is 0.167. The van der Waals surface area contributed by atoms with Crippen molar-refractivity contribution in [3.63, 3.8) is 0 Å². The molecule has 0 aliphatic rings. The van der Waals surface area contributed by atoms with E-state index in [2.05, 4.69) is 4.84 Å². The number of hydrogen-bond acceptors (Lipinski definition) is 4. The summed E-state index contributed by atoms with van der Waals surface area (Å²) in [7, 11) is 1.55. The lowest BCUT2D eigenvalue weighted by atomic mass is 10.2. The summed E-state index contributed by atoms with van der Waals surface area (Å²) in [6, 6.07) is 7.12. The molecule has 1 rings (SSSR count). The van der Waals surface area contributed by atoms with Crippen LogP contribution in [0.3, 0.4) is 0 Å². The zero-order valence-corrected chi connectivity index (χ0v) is 9.75. The van der Waals surface area contributed by atoms with E-state index in [0.29, 0.717) is 5.75 Å². The minimum Gasteiger partial charge on any atom is -0.497 e. The first kappa shape index (κ1) is 13.7. The van der Waals surface area contributed by atoms with Crippen LogP contribution in [0.4, 0.5) is 0 Å². The lowest BCUT2D eigenvalue weighted by molar-refractivity contribution is -0.147. The third-order valence-corrected chi connectivity index (χ3v) is 1.89. The summed E-state index contributed by atoms with van der Waals surface area (Å²) >= 11 is 0. The molecular formula is C12H13NO5. The standard InChI is InChI=1S/C12H13NO5/c1-17-10-4-2-3-9(7-10)5-6-11(14)13-18-8-12(15)16/h2-7H,8H2,1H3,(H,13,14)(H,15,16). The lowest BCUT2D eigenvalue weighted by Gasteiger charge is -2.01. The van der Waals surface area contributed by atoms with Gasteiger partial charge in [0.25, 0.3) is 5.91 Å². The van der Waals surface area contributed by atoms with E-state index in [1.807, 2.05) is 5.48 Å². The van der Waals surface area contributed by atoms with Crippen molar-refractivity contribution in [1.82, 2.24) is 5.48 Å². The molecule has 0 saturated heterocycles. The maximum Gasteiger partial charge on any atom is 0.332 e. The molecule has 0 aliphatic carbocycles. The fourth-order valence-corrected chi connectivity index (χ4v) is 1.12. The predicted octanol–water partition coefficient (Wildman–Crippen LogP) is 0.841. The van der Waals surface area contributed by atoms with Crippen LogP contribution in [0.15, 0.2) is 30.3 Å². The molecule has 0 fully saturated rings. The molecule has 1 aromatic rings. The van der Waals surface area contributed by atoms with Crippen LogP contribution < -0.4 is 10.2 Å². The van der Waals surface area contributed by atoms with Crippen molar-refractivity contribution in [2.24, 2.45) is 0 Å². The molecule has 0 unspecified atom stereocenters. The molecule has 2 N–H and O–H groups in total. The number of nitrogens with one attached hydrogen (secondary N) is 1. The van der Waals surface area contributed by atoms with Crippen molar-refractivity contribution in [3.05, 3.63) is 35.9 Å². The van der Waals surface area contributed by atoms with E-state index >= 15 is 0 Å². The minimum atomic E-state index is -1.16. The summed E-state index contributed by atoms with van der Waals surface area (Å²) < 4.78 is 5.03. The summed E-state index contributed by atoms with van der Waals surface area (Å²) in [6.45, 7) is -0.585. The first-order valence-electron chi connectivity index (χ1n) is 5.07. The highest BCUT2D eigenvalue weighted by Gasteiger charge is 1.99. The number of carbonyl (C=O) groups excluding carboxylic acids is 1. The van der Waals surface area contributed by atoms with Crippen LogP contribution in [0.25, 0.3) is 6.08 Å². The largest absolute Gasteiger partial charge is 0.497 e. The maximum absolute atomic E-state index is 11.2. The van der Waals surface area contributed by atoms with E-state index < -0.39 is 18.5 Å². The second-order valence-electron chi connectivity index (χ2n) is 3.26.